The van der Waals surface area contributed by atoms with E-state index >= 15 is 0 Å². The SMILES string of the molecule is Cc1cc(/C=C/B2OC(C)(C)C(C)(C)O2)cnc1CO. The maximum absolute atomic E-state index is 9.11. The maximum atomic E-state index is 9.11. The predicted octanol–water partition coefficient (Wildman–Crippen LogP) is 2.53. The maximum Gasteiger partial charge on any atom is 0.487 e. The summed E-state index contributed by atoms with van der Waals surface area (Å²) in [6.07, 6.45) is 3.67. The first-order valence-electron chi connectivity index (χ1n) is 6.85. The molecule has 1 aliphatic heterocycles. The van der Waals surface area contributed by atoms with Gasteiger partial charge in [0.05, 0.1) is 23.5 Å². The summed E-state index contributed by atoms with van der Waals surface area (Å²) in [5, 5.41) is 9.11. The summed E-state index contributed by atoms with van der Waals surface area (Å²) in [4.78, 5) is 4.22. The van der Waals surface area contributed by atoms with E-state index in [9.17, 15) is 0 Å². The summed E-state index contributed by atoms with van der Waals surface area (Å²) in [6, 6.07) is 1.99. The highest BCUT2D eigenvalue weighted by molar-refractivity contribution is 6.52. The molecule has 0 unspecified atom stereocenters. The fourth-order valence-electron chi connectivity index (χ4n) is 2.04. The summed E-state index contributed by atoms with van der Waals surface area (Å²) in [5.41, 5.74) is 2.00. The molecule has 0 radical (unpaired) electrons. The zero-order valence-corrected chi connectivity index (χ0v) is 12.8. The third-order valence-corrected chi connectivity index (χ3v) is 4.07. The van der Waals surface area contributed by atoms with Crippen LogP contribution in [0.1, 0.15) is 44.5 Å². The van der Waals surface area contributed by atoms with E-state index in [2.05, 4.69) is 4.98 Å². The van der Waals surface area contributed by atoms with Gasteiger partial charge in [-0.1, -0.05) is 12.1 Å². The molecular formula is C15H22BNO3. The Bertz CT molecular complexity index is 510. The molecule has 1 N–H and O–H groups in total. The molecule has 4 nitrogen and oxygen atoms in total. The molecule has 0 aromatic carbocycles. The van der Waals surface area contributed by atoms with Crippen LogP contribution in [0.3, 0.4) is 0 Å². The fraction of sp³-hybridized carbons (Fsp3) is 0.533. The van der Waals surface area contributed by atoms with Gasteiger partial charge >= 0.3 is 7.12 Å². The molecule has 0 bridgehead atoms. The van der Waals surface area contributed by atoms with Crippen molar-refractivity contribution >= 4 is 13.2 Å². The van der Waals surface area contributed by atoms with Crippen LogP contribution in [0.5, 0.6) is 0 Å². The lowest BCUT2D eigenvalue weighted by atomic mass is 9.89. The van der Waals surface area contributed by atoms with Crippen molar-refractivity contribution in [2.45, 2.75) is 52.4 Å². The second-order valence-corrected chi connectivity index (χ2v) is 6.17. The normalized spacial score (nSPS) is 20.8. The van der Waals surface area contributed by atoms with Crippen molar-refractivity contribution in [2.24, 2.45) is 0 Å². The lowest BCUT2D eigenvalue weighted by molar-refractivity contribution is 0.00578. The highest BCUT2D eigenvalue weighted by Gasteiger charge is 2.49. The van der Waals surface area contributed by atoms with Crippen molar-refractivity contribution in [1.82, 2.24) is 4.98 Å². The van der Waals surface area contributed by atoms with Crippen molar-refractivity contribution in [1.29, 1.82) is 0 Å². The Hall–Kier alpha value is -1.17. The molecule has 1 aliphatic rings. The Labute approximate surface area is 121 Å². The molecule has 5 heteroatoms. The average molecular weight is 275 g/mol. The topological polar surface area (TPSA) is 51.6 Å². The molecule has 1 saturated heterocycles. The first-order chi connectivity index (χ1) is 9.25. The van der Waals surface area contributed by atoms with Crippen LogP contribution < -0.4 is 0 Å². The quantitative estimate of drug-likeness (QED) is 0.861. The largest absolute Gasteiger partial charge is 0.487 e. The minimum atomic E-state index is -0.349. The minimum Gasteiger partial charge on any atom is -0.400 e. The van der Waals surface area contributed by atoms with Gasteiger partial charge in [-0.15, -0.1) is 0 Å². The van der Waals surface area contributed by atoms with Gasteiger partial charge in [-0.25, -0.2) is 0 Å². The van der Waals surface area contributed by atoms with Crippen molar-refractivity contribution in [3.8, 4) is 0 Å². The van der Waals surface area contributed by atoms with E-state index in [0.717, 1.165) is 11.1 Å². The van der Waals surface area contributed by atoms with Crippen LogP contribution in [0.4, 0.5) is 0 Å². The zero-order valence-electron chi connectivity index (χ0n) is 12.8. The summed E-state index contributed by atoms with van der Waals surface area (Å²) in [7, 11) is -0.349. The monoisotopic (exact) mass is 275 g/mol. The lowest BCUT2D eigenvalue weighted by Gasteiger charge is -2.32. The van der Waals surface area contributed by atoms with Gasteiger partial charge in [0.1, 0.15) is 0 Å². The van der Waals surface area contributed by atoms with Gasteiger partial charge in [-0.2, -0.15) is 0 Å². The van der Waals surface area contributed by atoms with Gasteiger partial charge in [0.2, 0.25) is 0 Å². The first kappa shape index (κ1) is 15.2. The van der Waals surface area contributed by atoms with E-state index in [-0.39, 0.29) is 24.9 Å². The van der Waals surface area contributed by atoms with E-state index in [4.69, 9.17) is 14.4 Å². The van der Waals surface area contributed by atoms with Crippen molar-refractivity contribution in [3.05, 3.63) is 35.1 Å². The van der Waals surface area contributed by atoms with Crippen LogP contribution in [0.2, 0.25) is 0 Å². The van der Waals surface area contributed by atoms with Crippen LogP contribution in [-0.2, 0) is 15.9 Å². The van der Waals surface area contributed by atoms with Crippen molar-refractivity contribution < 1.29 is 14.4 Å². The number of nitrogens with zero attached hydrogens (tertiary/aromatic N) is 1. The van der Waals surface area contributed by atoms with Crippen LogP contribution in [0, 0.1) is 6.92 Å². The Morgan fingerprint density at radius 2 is 1.85 bits per heavy atom. The standard InChI is InChI=1S/C15H22BNO3/c1-11-8-12(9-17-13(11)10-18)6-7-16-19-14(2,3)15(4,5)20-16/h6-9,18H,10H2,1-5H3/b7-6+. The summed E-state index contributed by atoms with van der Waals surface area (Å²) in [5.74, 6) is 1.89. The zero-order chi connectivity index (χ0) is 15.0. The predicted molar refractivity (Wildman–Crippen MR) is 80.0 cm³/mol. The minimum absolute atomic E-state index is 0.0347. The number of aromatic nitrogens is 1. The fourth-order valence-corrected chi connectivity index (χ4v) is 2.04. The molecule has 20 heavy (non-hydrogen) atoms. The van der Waals surface area contributed by atoms with E-state index in [1.54, 1.807) is 6.20 Å². The van der Waals surface area contributed by atoms with Crippen molar-refractivity contribution in [2.75, 3.05) is 0 Å². The molecule has 0 spiro atoms. The molecule has 1 fully saturated rings. The van der Waals surface area contributed by atoms with Gasteiger partial charge < -0.3 is 14.4 Å². The number of pyridine rings is 1. The highest BCUT2D eigenvalue weighted by atomic mass is 16.7. The summed E-state index contributed by atoms with van der Waals surface area (Å²) in [6.45, 7) is 10.0. The molecular weight excluding hydrogens is 253 g/mol. The van der Waals surface area contributed by atoms with E-state index in [1.807, 2.05) is 52.7 Å². The van der Waals surface area contributed by atoms with Crippen LogP contribution in [0.25, 0.3) is 6.08 Å². The third kappa shape index (κ3) is 2.95. The van der Waals surface area contributed by atoms with Gasteiger partial charge in [0.15, 0.2) is 0 Å². The number of aliphatic hydroxyl groups is 1. The molecule has 0 saturated carbocycles. The first-order valence-corrected chi connectivity index (χ1v) is 6.85. The average Bonchev–Trinajstić information content (AvgIpc) is 2.55. The highest BCUT2D eigenvalue weighted by Crippen LogP contribution is 2.37. The molecule has 2 heterocycles. The van der Waals surface area contributed by atoms with Crippen LogP contribution >= 0.6 is 0 Å². The van der Waals surface area contributed by atoms with Crippen molar-refractivity contribution in [3.63, 3.8) is 0 Å². The number of rotatable bonds is 3. The second kappa shape index (κ2) is 5.32. The van der Waals surface area contributed by atoms with E-state index < -0.39 is 0 Å². The molecule has 1 aromatic rings. The molecule has 0 atom stereocenters. The van der Waals surface area contributed by atoms with E-state index in [1.165, 1.54) is 0 Å². The molecule has 0 amide bonds. The number of hydrogen-bond donors (Lipinski definition) is 1. The third-order valence-electron chi connectivity index (χ3n) is 4.07. The van der Waals surface area contributed by atoms with Crippen LogP contribution in [-0.4, -0.2) is 28.4 Å². The summed E-state index contributed by atoms with van der Waals surface area (Å²) < 4.78 is 11.8. The Morgan fingerprint density at radius 1 is 1.25 bits per heavy atom. The van der Waals surface area contributed by atoms with Gasteiger partial charge in [0, 0.05) is 6.20 Å². The van der Waals surface area contributed by atoms with E-state index in [0.29, 0.717) is 5.69 Å². The van der Waals surface area contributed by atoms with Gasteiger partial charge in [0.25, 0.3) is 0 Å². The molecule has 2 rings (SSSR count). The van der Waals surface area contributed by atoms with Gasteiger partial charge in [-0.3, -0.25) is 4.98 Å². The molecule has 1 aromatic heterocycles. The molecule has 108 valence electrons. The Kier molecular flexibility index (Phi) is 4.05. The summed E-state index contributed by atoms with van der Waals surface area (Å²) >= 11 is 0. The Morgan fingerprint density at radius 3 is 2.35 bits per heavy atom. The number of hydrogen-bond acceptors (Lipinski definition) is 4. The molecule has 0 aliphatic carbocycles. The number of aryl methyl sites for hydroxylation is 1. The number of aliphatic hydroxyl groups excluding tert-OH is 1. The Balaban J connectivity index is 2.10. The second-order valence-electron chi connectivity index (χ2n) is 6.17. The van der Waals surface area contributed by atoms with Crippen LogP contribution in [0.15, 0.2) is 18.2 Å². The smallest absolute Gasteiger partial charge is 0.400 e. The lowest BCUT2D eigenvalue weighted by Crippen LogP contribution is -2.41. The van der Waals surface area contributed by atoms with Gasteiger partial charge in [-0.05, 0) is 51.8 Å².